The summed E-state index contributed by atoms with van der Waals surface area (Å²) < 4.78 is 5.50. The molecule has 0 aliphatic carbocycles. The van der Waals surface area contributed by atoms with Crippen LogP contribution in [0.25, 0.3) is 0 Å². The first kappa shape index (κ1) is 17.4. The molecule has 1 aromatic heterocycles. The van der Waals surface area contributed by atoms with Gasteiger partial charge < -0.3 is 14.6 Å². The zero-order chi connectivity index (χ0) is 18.3. The van der Waals surface area contributed by atoms with Crippen molar-refractivity contribution in [2.75, 3.05) is 11.9 Å². The molecule has 0 bridgehead atoms. The fraction of sp³-hybridized carbons (Fsp3) is 0.412. The smallest absolute Gasteiger partial charge is 0.238 e. The van der Waals surface area contributed by atoms with Crippen LogP contribution in [-0.4, -0.2) is 38.7 Å². The average Bonchev–Trinajstić information content (AvgIpc) is 3.24. The fourth-order valence-corrected chi connectivity index (χ4v) is 4.56. The molecular formula is C17H17ClN4O3S. The van der Waals surface area contributed by atoms with Crippen molar-refractivity contribution in [3.05, 3.63) is 35.0 Å². The maximum Gasteiger partial charge on any atom is 0.238 e. The lowest BCUT2D eigenvalue weighted by atomic mass is 10.2. The van der Waals surface area contributed by atoms with Crippen LogP contribution in [0.2, 0.25) is 5.02 Å². The third-order valence-electron chi connectivity index (χ3n) is 4.52. The number of benzene rings is 1. The molecule has 1 aromatic carbocycles. The van der Waals surface area contributed by atoms with Gasteiger partial charge in [-0.25, -0.2) is 0 Å². The molecule has 2 amide bonds. The quantitative estimate of drug-likeness (QED) is 0.862. The van der Waals surface area contributed by atoms with E-state index in [0.717, 1.165) is 17.7 Å². The molecule has 136 valence electrons. The van der Waals surface area contributed by atoms with Crippen LogP contribution in [0.15, 0.2) is 27.5 Å². The van der Waals surface area contributed by atoms with Gasteiger partial charge in [0.15, 0.2) is 0 Å². The van der Waals surface area contributed by atoms with Crippen LogP contribution in [0.3, 0.4) is 0 Å². The summed E-state index contributed by atoms with van der Waals surface area (Å²) in [7, 11) is 0. The number of nitrogens with zero attached hydrogens (tertiary/aromatic N) is 3. The van der Waals surface area contributed by atoms with Crippen molar-refractivity contribution >= 4 is 40.9 Å². The lowest BCUT2D eigenvalue weighted by Crippen LogP contribution is -2.37. The Morgan fingerprint density at radius 3 is 3.08 bits per heavy atom. The second-order valence-electron chi connectivity index (χ2n) is 6.34. The number of likely N-dealkylation sites (tertiary alicyclic amines) is 1. The third-order valence-corrected chi connectivity index (χ3v) is 6.03. The number of carbonyl (C=O) groups is 2. The van der Waals surface area contributed by atoms with Gasteiger partial charge in [-0.2, -0.15) is 0 Å². The molecular weight excluding hydrogens is 376 g/mol. The molecule has 1 fully saturated rings. The Balaban J connectivity index is 1.47. The van der Waals surface area contributed by atoms with E-state index in [1.807, 2.05) is 6.07 Å². The zero-order valence-electron chi connectivity index (χ0n) is 14.1. The minimum atomic E-state index is -0.471. The van der Waals surface area contributed by atoms with Crippen LogP contribution in [-0.2, 0) is 9.59 Å². The summed E-state index contributed by atoms with van der Waals surface area (Å²) in [6.07, 6.45) is 1.80. The van der Waals surface area contributed by atoms with E-state index in [4.69, 9.17) is 16.0 Å². The van der Waals surface area contributed by atoms with Gasteiger partial charge in [-0.05, 0) is 31.0 Å². The molecule has 4 rings (SSSR count). The van der Waals surface area contributed by atoms with Crippen molar-refractivity contribution in [3.63, 3.8) is 0 Å². The number of amides is 2. The summed E-state index contributed by atoms with van der Waals surface area (Å²) in [5, 5.41) is 10.8. The maximum atomic E-state index is 12.8. The number of aryl methyl sites for hydroxylation is 1. The van der Waals surface area contributed by atoms with Gasteiger partial charge in [0.25, 0.3) is 0 Å². The summed E-state index contributed by atoms with van der Waals surface area (Å²) in [5.41, 5.74) is 0.691. The summed E-state index contributed by atoms with van der Waals surface area (Å²) in [6.45, 7) is 2.36. The summed E-state index contributed by atoms with van der Waals surface area (Å²) >= 11 is 7.36. The van der Waals surface area contributed by atoms with Crippen molar-refractivity contribution in [2.45, 2.75) is 42.4 Å². The molecule has 1 N–H and O–H groups in total. The lowest BCUT2D eigenvalue weighted by Gasteiger charge is -2.27. The number of hydrogen-bond acceptors (Lipinski definition) is 6. The number of aromatic nitrogens is 2. The SMILES string of the molecule is Cc1nnc(C2CCCN2C(=O)CC2Sc3ccc(Cl)cc3NC2=O)o1. The monoisotopic (exact) mass is 392 g/mol. The number of fused-ring (bicyclic) bond motifs is 1. The predicted octanol–water partition coefficient (Wildman–Crippen LogP) is 3.20. The highest BCUT2D eigenvalue weighted by Crippen LogP contribution is 2.39. The molecule has 0 saturated carbocycles. The Bertz CT molecular complexity index is 871. The van der Waals surface area contributed by atoms with Gasteiger partial charge in [-0.1, -0.05) is 11.6 Å². The molecule has 2 atom stereocenters. The van der Waals surface area contributed by atoms with Crippen molar-refractivity contribution in [3.8, 4) is 0 Å². The molecule has 2 aromatic rings. The molecule has 0 radical (unpaired) electrons. The minimum absolute atomic E-state index is 0.0755. The third kappa shape index (κ3) is 3.31. The second-order valence-corrected chi connectivity index (χ2v) is 8.03. The molecule has 1 saturated heterocycles. The van der Waals surface area contributed by atoms with E-state index in [9.17, 15) is 9.59 Å². The van der Waals surface area contributed by atoms with E-state index >= 15 is 0 Å². The van der Waals surface area contributed by atoms with Crippen LogP contribution in [0.5, 0.6) is 0 Å². The van der Waals surface area contributed by atoms with Crippen LogP contribution in [0.1, 0.15) is 37.1 Å². The molecule has 2 aliphatic rings. The minimum Gasteiger partial charge on any atom is -0.423 e. The van der Waals surface area contributed by atoms with Gasteiger partial charge in [0.05, 0.1) is 10.9 Å². The fourth-order valence-electron chi connectivity index (χ4n) is 3.30. The van der Waals surface area contributed by atoms with Crippen LogP contribution < -0.4 is 5.32 Å². The lowest BCUT2D eigenvalue weighted by molar-refractivity contribution is -0.133. The van der Waals surface area contributed by atoms with Gasteiger partial charge in [0.2, 0.25) is 23.6 Å². The predicted molar refractivity (Wildman–Crippen MR) is 97.1 cm³/mol. The second kappa shape index (κ2) is 6.92. The molecule has 7 nitrogen and oxygen atoms in total. The van der Waals surface area contributed by atoms with Crippen LogP contribution in [0.4, 0.5) is 5.69 Å². The topological polar surface area (TPSA) is 88.3 Å². The van der Waals surface area contributed by atoms with Crippen molar-refractivity contribution < 1.29 is 14.0 Å². The van der Waals surface area contributed by atoms with E-state index in [1.54, 1.807) is 24.0 Å². The Kier molecular flexibility index (Phi) is 4.62. The van der Waals surface area contributed by atoms with E-state index in [1.165, 1.54) is 11.8 Å². The van der Waals surface area contributed by atoms with Crippen molar-refractivity contribution in [1.29, 1.82) is 0 Å². The summed E-state index contributed by atoms with van der Waals surface area (Å²) in [5.74, 6) is 0.696. The molecule has 0 spiro atoms. The normalized spacial score (nSPS) is 22.2. The number of rotatable bonds is 3. The summed E-state index contributed by atoms with van der Waals surface area (Å²) in [6, 6.07) is 5.15. The average molecular weight is 393 g/mol. The van der Waals surface area contributed by atoms with Crippen LogP contribution in [0, 0.1) is 6.92 Å². The van der Waals surface area contributed by atoms with Gasteiger partial charge in [-0.3, -0.25) is 9.59 Å². The number of hydrogen-bond donors (Lipinski definition) is 1. The van der Waals surface area contributed by atoms with Gasteiger partial charge in [0, 0.05) is 29.8 Å². The highest BCUT2D eigenvalue weighted by atomic mass is 35.5. The zero-order valence-corrected chi connectivity index (χ0v) is 15.6. The molecule has 2 unspecified atom stereocenters. The van der Waals surface area contributed by atoms with Crippen molar-refractivity contribution in [1.82, 2.24) is 15.1 Å². The van der Waals surface area contributed by atoms with Gasteiger partial charge in [0.1, 0.15) is 6.04 Å². The van der Waals surface area contributed by atoms with Gasteiger partial charge >= 0.3 is 0 Å². The number of anilines is 1. The molecule has 3 heterocycles. The number of thioether (sulfide) groups is 1. The van der Waals surface area contributed by atoms with E-state index in [2.05, 4.69) is 15.5 Å². The highest BCUT2D eigenvalue weighted by Gasteiger charge is 2.37. The Labute approximate surface area is 159 Å². The number of nitrogens with one attached hydrogen (secondary N) is 1. The standard InChI is InChI=1S/C17H17ClN4O3S/c1-9-20-21-17(25-9)12-3-2-6-22(12)15(23)8-14-16(24)19-11-7-10(18)4-5-13(11)26-14/h4-5,7,12,14H,2-3,6,8H2,1H3,(H,19,24). The largest absolute Gasteiger partial charge is 0.423 e. The van der Waals surface area contributed by atoms with Crippen molar-refractivity contribution in [2.24, 2.45) is 0 Å². The first-order chi connectivity index (χ1) is 12.5. The van der Waals surface area contributed by atoms with Gasteiger partial charge in [-0.15, -0.1) is 22.0 Å². The summed E-state index contributed by atoms with van der Waals surface area (Å²) in [4.78, 5) is 27.9. The maximum absolute atomic E-state index is 12.8. The number of carbonyl (C=O) groups excluding carboxylic acids is 2. The highest BCUT2D eigenvalue weighted by molar-refractivity contribution is 8.01. The molecule has 2 aliphatic heterocycles. The molecule has 26 heavy (non-hydrogen) atoms. The molecule has 9 heteroatoms. The number of halogens is 1. The first-order valence-corrected chi connectivity index (χ1v) is 9.63. The Morgan fingerprint density at radius 2 is 2.31 bits per heavy atom. The van der Waals surface area contributed by atoms with E-state index in [0.29, 0.717) is 29.0 Å². The first-order valence-electron chi connectivity index (χ1n) is 8.38. The van der Waals surface area contributed by atoms with Crippen LogP contribution >= 0.6 is 23.4 Å². The Morgan fingerprint density at radius 1 is 1.46 bits per heavy atom. The van der Waals surface area contributed by atoms with E-state index in [-0.39, 0.29) is 24.3 Å². The van der Waals surface area contributed by atoms with E-state index < -0.39 is 5.25 Å². The Hall–Kier alpha value is -2.06.